The maximum atomic E-state index is 13.5. The van der Waals surface area contributed by atoms with Gasteiger partial charge in [0.05, 0.1) is 12.5 Å². The molecule has 0 aliphatic carbocycles. The first-order valence-electron chi connectivity index (χ1n) is 10.8. The zero-order chi connectivity index (χ0) is 23.0. The van der Waals surface area contributed by atoms with Crippen LogP contribution in [0.2, 0.25) is 5.02 Å². The second-order valence-electron chi connectivity index (χ2n) is 8.26. The molecule has 9 heteroatoms. The first kappa shape index (κ1) is 23.5. The number of hydrogen-bond donors (Lipinski definition) is 0. The molecule has 32 heavy (non-hydrogen) atoms. The van der Waals surface area contributed by atoms with Crippen LogP contribution >= 0.6 is 27.5 Å². The fraction of sp³-hybridized carbons (Fsp3) is 0.435. The summed E-state index contributed by atoms with van der Waals surface area (Å²) in [5.74, 6) is -0.141. The summed E-state index contributed by atoms with van der Waals surface area (Å²) < 4.78 is 34.9. The first-order chi connectivity index (χ1) is 15.2. The molecule has 0 unspecified atom stereocenters. The molecule has 0 N–H and O–H groups in total. The quantitative estimate of drug-likeness (QED) is 0.541. The molecular formula is C23H26BrClN2O4S. The third kappa shape index (κ3) is 4.42. The van der Waals surface area contributed by atoms with Crippen LogP contribution in [0.3, 0.4) is 0 Å². The minimum Gasteiger partial charge on any atom is -0.492 e. The summed E-state index contributed by atoms with van der Waals surface area (Å²) in [6.45, 7) is 4.68. The number of sulfonamides is 1. The number of amides is 1. The van der Waals surface area contributed by atoms with Gasteiger partial charge in [-0.15, -0.1) is 0 Å². The molecule has 1 amide bonds. The van der Waals surface area contributed by atoms with Gasteiger partial charge in [0.2, 0.25) is 15.9 Å². The lowest BCUT2D eigenvalue weighted by atomic mass is 9.97. The molecular weight excluding hydrogens is 516 g/mol. The van der Waals surface area contributed by atoms with Gasteiger partial charge in [0.1, 0.15) is 10.6 Å². The molecule has 2 heterocycles. The topological polar surface area (TPSA) is 66.9 Å². The second kappa shape index (κ2) is 9.33. The molecule has 2 aliphatic rings. The SMILES string of the molecule is CCOc1ccc(Cl)cc1S(=O)(=O)N1CCC[C@H](C(=O)N2c3ccc(Br)cc3C[C@@H]2C)C1. The number of anilines is 1. The number of ether oxygens (including phenoxy) is 1. The highest BCUT2D eigenvalue weighted by molar-refractivity contribution is 9.10. The summed E-state index contributed by atoms with van der Waals surface area (Å²) >= 11 is 9.60. The van der Waals surface area contributed by atoms with E-state index in [1.54, 1.807) is 19.1 Å². The molecule has 0 radical (unpaired) electrons. The van der Waals surface area contributed by atoms with Crippen molar-refractivity contribution in [3.63, 3.8) is 0 Å². The van der Waals surface area contributed by atoms with Crippen molar-refractivity contribution >= 4 is 49.1 Å². The Bertz CT molecular complexity index is 1140. The van der Waals surface area contributed by atoms with Gasteiger partial charge in [0, 0.05) is 34.3 Å². The molecule has 172 valence electrons. The van der Waals surface area contributed by atoms with E-state index >= 15 is 0 Å². The maximum absolute atomic E-state index is 13.5. The van der Waals surface area contributed by atoms with Crippen LogP contribution in [0.5, 0.6) is 5.75 Å². The van der Waals surface area contributed by atoms with Crippen molar-refractivity contribution in [1.29, 1.82) is 0 Å². The minimum atomic E-state index is -3.86. The van der Waals surface area contributed by atoms with E-state index in [1.807, 2.05) is 30.0 Å². The fourth-order valence-electron chi connectivity index (χ4n) is 4.59. The fourth-order valence-corrected chi connectivity index (χ4v) is 6.92. The Hall–Kier alpha value is -1.61. The van der Waals surface area contributed by atoms with Crippen LogP contribution in [0.1, 0.15) is 32.3 Å². The van der Waals surface area contributed by atoms with Crippen LogP contribution < -0.4 is 9.64 Å². The van der Waals surface area contributed by atoms with Crippen molar-refractivity contribution in [3.8, 4) is 5.75 Å². The van der Waals surface area contributed by atoms with Crippen molar-refractivity contribution in [2.45, 2.75) is 44.0 Å². The van der Waals surface area contributed by atoms with E-state index in [4.69, 9.17) is 16.3 Å². The standard InChI is InChI=1S/C23H26BrClN2O4S/c1-3-31-21-9-7-19(25)13-22(21)32(29,30)26-10-4-5-16(14-26)23(28)27-15(2)11-17-12-18(24)6-8-20(17)27/h6-9,12-13,15-16H,3-5,10-11,14H2,1-2H3/t15-,16-/m0/s1. The molecule has 4 rings (SSSR count). The van der Waals surface area contributed by atoms with E-state index in [0.717, 1.165) is 22.1 Å². The smallest absolute Gasteiger partial charge is 0.246 e. The van der Waals surface area contributed by atoms with E-state index in [1.165, 1.54) is 10.4 Å². The van der Waals surface area contributed by atoms with Crippen molar-refractivity contribution in [2.75, 3.05) is 24.6 Å². The van der Waals surface area contributed by atoms with Crippen molar-refractivity contribution in [1.82, 2.24) is 4.31 Å². The van der Waals surface area contributed by atoms with Gasteiger partial charge >= 0.3 is 0 Å². The Kier molecular flexibility index (Phi) is 6.86. The molecule has 0 saturated carbocycles. The first-order valence-corrected chi connectivity index (χ1v) is 13.4. The summed E-state index contributed by atoms with van der Waals surface area (Å²) in [4.78, 5) is 15.4. The third-order valence-electron chi connectivity index (χ3n) is 6.05. The van der Waals surface area contributed by atoms with Gasteiger partial charge in [-0.1, -0.05) is 27.5 Å². The Balaban J connectivity index is 1.59. The van der Waals surface area contributed by atoms with E-state index in [-0.39, 0.29) is 29.1 Å². The van der Waals surface area contributed by atoms with Gasteiger partial charge in [-0.3, -0.25) is 4.79 Å². The van der Waals surface area contributed by atoms with Gasteiger partial charge in [-0.05, 0) is 75.1 Å². The monoisotopic (exact) mass is 540 g/mol. The van der Waals surface area contributed by atoms with Gasteiger partial charge in [-0.2, -0.15) is 4.31 Å². The van der Waals surface area contributed by atoms with Crippen molar-refractivity contribution < 1.29 is 17.9 Å². The second-order valence-corrected chi connectivity index (χ2v) is 11.5. The Morgan fingerprint density at radius 1 is 1.25 bits per heavy atom. The number of carbonyl (C=O) groups excluding carboxylic acids is 1. The molecule has 2 aromatic carbocycles. The molecule has 2 aromatic rings. The largest absolute Gasteiger partial charge is 0.492 e. The number of carbonyl (C=O) groups is 1. The lowest BCUT2D eigenvalue weighted by molar-refractivity contribution is -0.123. The molecule has 1 saturated heterocycles. The lowest BCUT2D eigenvalue weighted by Crippen LogP contribution is -2.48. The van der Waals surface area contributed by atoms with Crippen molar-refractivity contribution in [3.05, 3.63) is 51.5 Å². The van der Waals surface area contributed by atoms with Crippen LogP contribution in [0.15, 0.2) is 45.8 Å². The highest BCUT2D eigenvalue weighted by atomic mass is 79.9. The van der Waals surface area contributed by atoms with Crippen LogP contribution in [-0.2, 0) is 21.2 Å². The highest BCUT2D eigenvalue weighted by Crippen LogP contribution is 2.37. The number of nitrogens with zero attached hydrogens (tertiary/aromatic N) is 2. The molecule has 0 bridgehead atoms. The van der Waals surface area contributed by atoms with Crippen molar-refractivity contribution in [2.24, 2.45) is 5.92 Å². The van der Waals surface area contributed by atoms with Crippen LogP contribution in [-0.4, -0.2) is 44.4 Å². The van der Waals surface area contributed by atoms with E-state index in [0.29, 0.717) is 31.0 Å². The molecule has 1 fully saturated rings. The van der Waals surface area contributed by atoms with Gasteiger partial charge in [0.15, 0.2) is 0 Å². The number of piperidine rings is 1. The van der Waals surface area contributed by atoms with Gasteiger partial charge in [0.25, 0.3) is 0 Å². The molecule has 0 aromatic heterocycles. The van der Waals surface area contributed by atoms with Crippen LogP contribution in [0.25, 0.3) is 0 Å². The normalized spacial score (nSPS) is 21.4. The molecule has 2 aliphatic heterocycles. The summed E-state index contributed by atoms with van der Waals surface area (Å²) in [6.07, 6.45) is 2.07. The van der Waals surface area contributed by atoms with Crippen LogP contribution in [0, 0.1) is 5.92 Å². The van der Waals surface area contributed by atoms with Gasteiger partial charge < -0.3 is 9.64 Å². The summed E-state index contributed by atoms with van der Waals surface area (Å²) in [6, 6.07) is 10.6. The zero-order valence-electron chi connectivity index (χ0n) is 18.1. The van der Waals surface area contributed by atoms with E-state index in [2.05, 4.69) is 15.9 Å². The predicted molar refractivity (Wildman–Crippen MR) is 129 cm³/mol. The third-order valence-corrected chi connectivity index (χ3v) is 8.67. The Morgan fingerprint density at radius 3 is 2.78 bits per heavy atom. The summed E-state index contributed by atoms with van der Waals surface area (Å²) in [7, 11) is -3.86. The molecule has 0 spiro atoms. The minimum absolute atomic E-state index is 0.0189. The number of rotatable bonds is 5. The Labute approximate surface area is 202 Å². The van der Waals surface area contributed by atoms with E-state index < -0.39 is 15.9 Å². The lowest BCUT2D eigenvalue weighted by Gasteiger charge is -2.35. The summed E-state index contributed by atoms with van der Waals surface area (Å²) in [5.41, 5.74) is 2.04. The average molecular weight is 542 g/mol. The number of halogens is 2. The Morgan fingerprint density at radius 2 is 2.03 bits per heavy atom. The zero-order valence-corrected chi connectivity index (χ0v) is 21.2. The number of hydrogen-bond acceptors (Lipinski definition) is 4. The average Bonchev–Trinajstić information content (AvgIpc) is 3.09. The van der Waals surface area contributed by atoms with Crippen LogP contribution in [0.4, 0.5) is 5.69 Å². The number of fused-ring (bicyclic) bond motifs is 1. The van der Waals surface area contributed by atoms with Gasteiger partial charge in [-0.25, -0.2) is 8.42 Å². The molecule has 6 nitrogen and oxygen atoms in total. The predicted octanol–water partition coefficient (Wildman–Crippen LogP) is 4.88. The highest BCUT2D eigenvalue weighted by Gasteiger charge is 2.39. The number of benzene rings is 2. The molecule has 2 atom stereocenters. The van der Waals surface area contributed by atoms with E-state index in [9.17, 15) is 13.2 Å². The maximum Gasteiger partial charge on any atom is 0.246 e. The summed E-state index contributed by atoms with van der Waals surface area (Å²) in [5, 5.41) is 0.324.